The number of pyridine rings is 1. The van der Waals surface area contributed by atoms with Crippen LogP contribution >= 0.6 is 24.8 Å². The van der Waals surface area contributed by atoms with Crippen LogP contribution in [-0.4, -0.2) is 29.5 Å². The molecular formula is C16H25Cl2N3O. The van der Waals surface area contributed by atoms with Gasteiger partial charge in [-0.25, -0.2) is 0 Å². The number of fused-ring (bicyclic) bond motifs is 2. The Morgan fingerprint density at radius 1 is 1.23 bits per heavy atom. The largest absolute Gasteiger partial charge is 0.356 e. The summed E-state index contributed by atoms with van der Waals surface area (Å²) in [4.78, 5) is 16.2. The second-order valence-corrected chi connectivity index (χ2v) is 6.10. The third-order valence-electron chi connectivity index (χ3n) is 4.47. The first kappa shape index (κ1) is 19.2. The van der Waals surface area contributed by atoms with E-state index in [2.05, 4.69) is 15.6 Å². The molecule has 6 heteroatoms. The minimum absolute atomic E-state index is 0. The zero-order chi connectivity index (χ0) is 13.8. The highest BCUT2D eigenvalue weighted by Crippen LogP contribution is 2.32. The van der Waals surface area contributed by atoms with E-state index >= 15 is 0 Å². The van der Waals surface area contributed by atoms with Crippen molar-refractivity contribution in [3.8, 4) is 0 Å². The van der Waals surface area contributed by atoms with Gasteiger partial charge in [0, 0.05) is 43.4 Å². The summed E-state index contributed by atoms with van der Waals surface area (Å²) in [6, 6.07) is 7.22. The van der Waals surface area contributed by atoms with Crippen LogP contribution < -0.4 is 10.6 Å². The van der Waals surface area contributed by atoms with Crippen molar-refractivity contribution in [1.29, 1.82) is 0 Å². The molecule has 2 aliphatic heterocycles. The summed E-state index contributed by atoms with van der Waals surface area (Å²) in [5.74, 6) is 0.774. The summed E-state index contributed by atoms with van der Waals surface area (Å²) in [6.07, 6.45) is 8.22. The first-order valence-corrected chi connectivity index (χ1v) is 7.72. The summed E-state index contributed by atoms with van der Waals surface area (Å²) in [5.41, 5.74) is 1.03. The van der Waals surface area contributed by atoms with Crippen LogP contribution in [0.4, 0.5) is 0 Å². The fraction of sp³-hybridized carbons (Fsp3) is 0.625. The lowest BCUT2D eigenvalue weighted by atomic mass is 9.89. The van der Waals surface area contributed by atoms with Crippen LogP contribution in [0.15, 0.2) is 24.4 Å². The molecule has 1 amide bonds. The molecule has 124 valence electrons. The van der Waals surface area contributed by atoms with E-state index in [0.717, 1.165) is 12.1 Å². The van der Waals surface area contributed by atoms with Gasteiger partial charge in [0.05, 0.1) is 0 Å². The SMILES string of the molecule is Cl.Cl.O=C(CC1CC2CCC(C1)N2)NCCc1ccccn1. The quantitative estimate of drug-likeness (QED) is 0.861. The highest BCUT2D eigenvalue weighted by molar-refractivity contribution is 5.85. The molecule has 22 heavy (non-hydrogen) atoms. The Balaban J connectivity index is 0.00000121. The van der Waals surface area contributed by atoms with E-state index in [1.807, 2.05) is 18.2 Å². The predicted octanol–water partition coefficient (Wildman–Crippen LogP) is 2.50. The molecule has 1 aromatic heterocycles. The number of carbonyl (C=O) groups is 1. The number of piperidine rings is 1. The van der Waals surface area contributed by atoms with Gasteiger partial charge in [-0.05, 0) is 43.7 Å². The summed E-state index contributed by atoms with van der Waals surface area (Å²) in [5, 5.41) is 6.65. The maximum Gasteiger partial charge on any atom is 0.220 e. The van der Waals surface area contributed by atoms with Crippen LogP contribution in [0, 0.1) is 5.92 Å². The highest BCUT2D eigenvalue weighted by Gasteiger charge is 2.33. The smallest absolute Gasteiger partial charge is 0.220 e. The third-order valence-corrected chi connectivity index (χ3v) is 4.47. The van der Waals surface area contributed by atoms with Gasteiger partial charge in [-0.2, -0.15) is 0 Å². The maximum atomic E-state index is 12.0. The Morgan fingerprint density at radius 3 is 2.59 bits per heavy atom. The molecule has 0 aliphatic carbocycles. The van der Waals surface area contributed by atoms with Gasteiger partial charge in [0.25, 0.3) is 0 Å². The zero-order valence-corrected chi connectivity index (χ0v) is 14.3. The van der Waals surface area contributed by atoms with Gasteiger partial charge in [0.2, 0.25) is 5.91 Å². The number of halogens is 2. The van der Waals surface area contributed by atoms with E-state index in [0.29, 0.717) is 31.0 Å². The van der Waals surface area contributed by atoms with Crippen molar-refractivity contribution < 1.29 is 4.79 Å². The van der Waals surface area contributed by atoms with Crippen LogP contribution in [-0.2, 0) is 11.2 Å². The summed E-state index contributed by atoms with van der Waals surface area (Å²) >= 11 is 0. The Hall–Kier alpha value is -0.840. The zero-order valence-electron chi connectivity index (χ0n) is 12.7. The number of aromatic nitrogens is 1. The average Bonchev–Trinajstić information content (AvgIpc) is 2.79. The number of nitrogens with zero attached hydrogens (tertiary/aromatic N) is 1. The first-order chi connectivity index (χ1) is 9.79. The molecule has 0 aromatic carbocycles. The van der Waals surface area contributed by atoms with Crippen LogP contribution in [0.2, 0.25) is 0 Å². The lowest BCUT2D eigenvalue weighted by Gasteiger charge is -2.28. The van der Waals surface area contributed by atoms with Gasteiger partial charge < -0.3 is 10.6 Å². The molecule has 2 unspecified atom stereocenters. The molecule has 4 nitrogen and oxygen atoms in total. The molecule has 2 fully saturated rings. The number of nitrogens with one attached hydrogen (secondary N) is 2. The lowest BCUT2D eigenvalue weighted by molar-refractivity contribution is -0.122. The van der Waals surface area contributed by atoms with E-state index in [1.54, 1.807) is 6.20 Å². The molecule has 1 aromatic rings. The fourth-order valence-corrected chi connectivity index (χ4v) is 3.55. The molecule has 3 rings (SSSR count). The molecule has 0 spiro atoms. The Labute approximate surface area is 144 Å². The van der Waals surface area contributed by atoms with Gasteiger partial charge in [0.1, 0.15) is 0 Å². The van der Waals surface area contributed by atoms with Crippen molar-refractivity contribution in [1.82, 2.24) is 15.6 Å². The summed E-state index contributed by atoms with van der Waals surface area (Å²) < 4.78 is 0. The molecule has 2 bridgehead atoms. The molecule has 2 N–H and O–H groups in total. The molecule has 0 saturated carbocycles. The minimum Gasteiger partial charge on any atom is -0.356 e. The molecule has 2 saturated heterocycles. The number of hydrogen-bond donors (Lipinski definition) is 2. The number of amides is 1. The van der Waals surface area contributed by atoms with E-state index in [9.17, 15) is 4.79 Å². The molecule has 0 radical (unpaired) electrons. The number of rotatable bonds is 5. The lowest BCUT2D eigenvalue weighted by Crippen LogP contribution is -2.39. The standard InChI is InChI=1S/C16H23N3O.2ClH/c20-16(18-8-6-13-3-1-2-7-17-13)11-12-9-14-4-5-15(10-12)19-14;;/h1-3,7,12,14-15,19H,4-6,8-11H2,(H,18,20);2*1H. The van der Waals surface area contributed by atoms with Crippen molar-refractivity contribution >= 4 is 30.7 Å². The van der Waals surface area contributed by atoms with Crippen LogP contribution in [0.25, 0.3) is 0 Å². The van der Waals surface area contributed by atoms with Crippen LogP contribution in [0.3, 0.4) is 0 Å². The monoisotopic (exact) mass is 345 g/mol. The second kappa shape index (κ2) is 9.33. The average molecular weight is 346 g/mol. The van der Waals surface area contributed by atoms with Gasteiger partial charge in [-0.15, -0.1) is 24.8 Å². The van der Waals surface area contributed by atoms with Crippen LogP contribution in [0.1, 0.15) is 37.8 Å². The van der Waals surface area contributed by atoms with Gasteiger partial charge in [-0.1, -0.05) is 6.07 Å². The topological polar surface area (TPSA) is 54.0 Å². The Bertz CT molecular complexity index is 446. The third kappa shape index (κ3) is 5.41. The summed E-state index contributed by atoms with van der Waals surface area (Å²) in [7, 11) is 0. The van der Waals surface area contributed by atoms with Crippen molar-refractivity contribution in [2.24, 2.45) is 5.92 Å². The highest BCUT2D eigenvalue weighted by atomic mass is 35.5. The number of carbonyl (C=O) groups excluding carboxylic acids is 1. The maximum absolute atomic E-state index is 12.0. The molecule has 2 atom stereocenters. The van der Waals surface area contributed by atoms with Gasteiger partial charge >= 0.3 is 0 Å². The van der Waals surface area contributed by atoms with Crippen molar-refractivity contribution in [3.63, 3.8) is 0 Å². The fourth-order valence-electron chi connectivity index (χ4n) is 3.55. The second-order valence-electron chi connectivity index (χ2n) is 6.10. The minimum atomic E-state index is 0. The molecule has 2 aliphatic rings. The normalized spacial score (nSPS) is 25.7. The van der Waals surface area contributed by atoms with Crippen LogP contribution in [0.5, 0.6) is 0 Å². The first-order valence-electron chi connectivity index (χ1n) is 7.72. The molecular weight excluding hydrogens is 321 g/mol. The van der Waals surface area contributed by atoms with Crippen molar-refractivity contribution in [3.05, 3.63) is 30.1 Å². The van der Waals surface area contributed by atoms with E-state index in [1.165, 1.54) is 25.7 Å². The van der Waals surface area contributed by atoms with E-state index < -0.39 is 0 Å². The van der Waals surface area contributed by atoms with Gasteiger partial charge in [-0.3, -0.25) is 9.78 Å². The Morgan fingerprint density at radius 2 is 1.95 bits per heavy atom. The van der Waals surface area contributed by atoms with E-state index in [4.69, 9.17) is 0 Å². The molecule has 3 heterocycles. The Kier molecular flexibility index (Phi) is 8.15. The van der Waals surface area contributed by atoms with Crippen molar-refractivity contribution in [2.75, 3.05) is 6.54 Å². The summed E-state index contributed by atoms with van der Waals surface area (Å²) in [6.45, 7) is 0.688. The van der Waals surface area contributed by atoms with E-state index in [-0.39, 0.29) is 30.7 Å². The number of hydrogen-bond acceptors (Lipinski definition) is 3. The van der Waals surface area contributed by atoms with Gasteiger partial charge in [0.15, 0.2) is 0 Å². The van der Waals surface area contributed by atoms with Crippen molar-refractivity contribution in [2.45, 2.75) is 50.6 Å². The predicted molar refractivity (Wildman–Crippen MR) is 92.7 cm³/mol.